The first-order chi connectivity index (χ1) is 10.9. The number of benzene rings is 1. The zero-order valence-corrected chi connectivity index (χ0v) is 15.4. The van der Waals surface area contributed by atoms with Crippen LogP contribution in [0, 0.1) is 6.92 Å². The normalized spacial score (nSPS) is 12.7. The maximum absolute atomic E-state index is 12.4. The third-order valence-electron chi connectivity index (χ3n) is 4.25. The molecule has 0 spiro atoms. The zero-order chi connectivity index (χ0) is 17.0. The lowest BCUT2D eigenvalue weighted by Gasteiger charge is -2.23. The van der Waals surface area contributed by atoms with Gasteiger partial charge in [-0.3, -0.25) is 9.69 Å². The molecule has 4 heteroatoms. The molecule has 0 aliphatic carbocycles. The monoisotopic (exact) mass is 330 g/mol. The van der Waals surface area contributed by atoms with Gasteiger partial charge in [0.05, 0.1) is 6.04 Å². The minimum absolute atomic E-state index is 0.0269. The molecule has 1 heterocycles. The Balaban J connectivity index is 1.95. The van der Waals surface area contributed by atoms with Crippen LogP contribution in [-0.2, 0) is 11.3 Å². The van der Waals surface area contributed by atoms with Crippen LogP contribution in [0.5, 0.6) is 0 Å². The molecule has 2 rings (SSSR count). The molecule has 0 unspecified atom stereocenters. The van der Waals surface area contributed by atoms with E-state index >= 15 is 0 Å². The summed E-state index contributed by atoms with van der Waals surface area (Å²) in [5, 5.41) is 5.10. The molecular formula is C19H26N2OS. The maximum atomic E-state index is 12.4. The predicted octanol–water partition coefficient (Wildman–Crippen LogP) is 4.64. The first kappa shape index (κ1) is 17.7. The van der Waals surface area contributed by atoms with E-state index in [0.717, 1.165) is 12.2 Å². The largest absolute Gasteiger partial charge is 0.325 e. The molecule has 3 nitrogen and oxygen atoms in total. The molecule has 2 aromatic rings. The molecule has 1 N–H and O–H groups in total. The van der Waals surface area contributed by atoms with Crippen molar-refractivity contribution in [1.29, 1.82) is 0 Å². The lowest BCUT2D eigenvalue weighted by Crippen LogP contribution is -2.39. The molecule has 0 radical (unpaired) electrons. The number of nitrogens with one attached hydrogen (secondary N) is 1. The Morgan fingerprint density at radius 2 is 1.83 bits per heavy atom. The molecule has 124 valence electrons. The molecule has 1 aromatic carbocycles. The van der Waals surface area contributed by atoms with E-state index in [0.29, 0.717) is 5.92 Å². The fraction of sp³-hybridized carbons (Fsp3) is 0.421. The first-order valence-electron chi connectivity index (χ1n) is 8.02. The fourth-order valence-electron chi connectivity index (χ4n) is 2.33. The maximum Gasteiger partial charge on any atom is 0.241 e. The van der Waals surface area contributed by atoms with Crippen LogP contribution < -0.4 is 5.32 Å². The van der Waals surface area contributed by atoms with Gasteiger partial charge in [-0.05, 0) is 61.5 Å². The van der Waals surface area contributed by atoms with E-state index in [2.05, 4.69) is 54.6 Å². The number of hydrogen-bond donors (Lipinski definition) is 1. The van der Waals surface area contributed by atoms with Gasteiger partial charge in [0.25, 0.3) is 0 Å². The summed E-state index contributed by atoms with van der Waals surface area (Å²) in [6.45, 7) is 9.18. The molecular weight excluding hydrogens is 304 g/mol. The summed E-state index contributed by atoms with van der Waals surface area (Å²) >= 11 is 1.74. The number of carbonyl (C=O) groups excluding carboxylic acids is 1. The van der Waals surface area contributed by atoms with Gasteiger partial charge in [0.2, 0.25) is 5.91 Å². The molecule has 0 aliphatic heterocycles. The highest BCUT2D eigenvalue weighted by Gasteiger charge is 2.19. The number of rotatable bonds is 6. The van der Waals surface area contributed by atoms with Gasteiger partial charge in [-0.2, -0.15) is 0 Å². The van der Waals surface area contributed by atoms with Gasteiger partial charge in [0.15, 0.2) is 0 Å². The summed E-state index contributed by atoms with van der Waals surface area (Å²) in [7, 11) is 1.99. The average Bonchev–Trinajstić information content (AvgIpc) is 2.92. The molecule has 23 heavy (non-hydrogen) atoms. The van der Waals surface area contributed by atoms with Crippen LogP contribution in [0.25, 0.3) is 0 Å². The number of amides is 1. The summed E-state index contributed by atoms with van der Waals surface area (Å²) in [5.74, 6) is 0.526. The van der Waals surface area contributed by atoms with Crippen LogP contribution in [0.3, 0.4) is 0 Å². The van der Waals surface area contributed by atoms with Gasteiger partial charge in [0.1, 0.15) is 0 Å². The van der Waals surface area contributed by atoms with Gasteiger partial charge in [0, 0.05) is 17.1 Å². The Morgan fingerprint density at radius 3 is 2.35 bits per heavy atom. The topological polar surface area (TPSA) is 32.3 Å². The molecule has 0 aliphatic rings. The Kier molecular flexibility index (Phi) is 5.97. The molecule has 1 atom stereocenters. The van der Waals surface area contributed by atoms with Crippen molar-refractivity contribution in [2.75, 3.05) is 12.4 Å². The number of thiophene rings is 1. The van der Waals surface area contributed by atoms with Crippen molar-refractivity contribution in [3.63, 3.8) is 0 Å². The summed E-state index contributed by atoms with van der Waals surface area (Å²) in [5.41, 5.74) is 3.42. The quantitative estimate of drug-likeness (QED) is 0.837. The average molecular weight is 330 g/mol. The molecule has 0 bridgehead atoms. The summed E-state index contributed by atoms with van der Waals surface area (Å²) < 4.78 is 0. The van der Waals surface area contributed by atoms with Crippen molar-refractivity contribution in [2.24, 2.45) is 0 Å². The highest BCUT2D eigenvalue weighted by molar-refractivity contribution is 7.10. The number of carbonyl (C=O) groups is 1. The number of aryl methyl sites for hydroxylation is 1. The van der Waals surface area contributed by atoms with E-state index in [1.807, 2.05) is 26.1 Å². The number of anilines is 1. The van der Waals surface area contributed by atoms with E-state index in [4.69, 9.17) is 0 Å². The van der Waals surface area contributed by atoms with Crippen LogP contribution in [-0.4, -0.2) is 23.9 Å². The zero-order valence-electron chi connectivity index (χ0n) is 14.6. The molecule has 1 amide bonds. The summed E-state index contributed by atoms with van der Waals surface area (Å²) in [4.78, 5) is 15.8. The highest BCUT2D eigenvalue weighted by atomic mass is 32.1. The van der Waals surface area contributed by atoms with Crippen LogP contribution in [0.1, 0.15) is 42.7 Å². The lowest BCUT2D eigenvalue weighted by molar-refractivity contribution is -0.120. The van der Waals surface area contributed by atoms with Gasteiger partial charge < -0.3 is 5.32 Å². The van der Waals surface area contributed by atoms with E-state index < -0.39 is 0 Å². The van der Waals surface area contributed by atoms with Crippen LogP contribution in [0.15, 0.2) is 35.7 Å². The molecule has 1 aromatic heterocycles. The van der Waals surface area contributed by atoms with Crippen molar-refractivity contribution < 1.29 is 4.79 Å². The minimum atomic E-state index is -0.179. The Bertz CT molecular complexity index is 646. The van der Waals surface area contributed by atoms with Gasteiger partial charge >= 0.3 is 0 Å². The standard InChI is InChI=1S/C19H26N2OS/c1-13(2)16-6-8-17(9-7-16)20-19(22)15(4)21(5)12-18-14(3)10-11-23-18/h6-11,13,15H,12H2,1-5H3,(H,20,22)/t15-/m1/s1. The van der Waals surface area contributed by atoms with E-state index in [-0.39, 0.29) is 11.9 Å². The molecule has 0 saturated heterocycles. The summed E-state index contributed by atoms with van der Waals surface area (Å²) in [6.07, 6.45) is 0. The van der Waals surface area contributed by atoms with Crippen molar-refractivity contribution in [3.8, 4) is 0 Å². The Hall–Kier alpha value is -1.65. The van der Waals surface area contributed by atoms with Crippen molar-refractivity contribution in [2.45, 2.75) is 46.2 Å². The Labute approximate surface area is 143 Å². The van der Waals surface area contributed by atoms with Crippen molar-refractivity contribution >= 4 is 22.9 Å². The Morgan fingerprint density at radius 1 is 1.17 bits per heavy atom. The third kappa shape index (κ3) is 4.66. The number of hydrogen-bond acceptors (Lipinski definition) is 3. The second-order valence-electron chi connectivity index (χ2n) is 6.38. The van der Waals surface area contributed by atoms with Gasteiger partial charge in [-0.15, -0.1) is 11.3 Å². The van der Waals surface area contributed by atoms with E-state index in [1.165, 1.54) is 16.0 Å². The number of likely N-dealkylation sites (N-methyl/N-ethyl adjacent to an activating group) is 1. The van der Waals surface area contributed by atoms with Crippen molar-refractivity contribution in [3.05, 3.63) is 51.7 Å². The van der Waals surface area contributed by atoms with Crippen LogP contribution in [0.4, 0.5) is 5.69 Å². The van der Waals surface area contributed by atoms with Crippen molar-refractivity contribution in [1.82, 2.24) is 4.90 Å². The van der Waals surface area contributed by atoms with E-state index in [9.17, 15) is 4.79 Å². The fourth-order valence-corrected chi connectivity index (χ4v) is 3.30. The minimum Gasteiger partial charge on any atom is -0.325 e. The lowest BCUT2D eigenvalue weighted by atomic mass is 10.0. The predicted molar refractivity (Wildman–Crippen MR) is 99.1 cm³/mol. The second kappa shape index (κ2) is 7.75. The third-order valence-corrected chi connectivity index (χ3v) is 5.25. The summed E-state index contributed by atoms with van der Waals surface area (Å²) in [6, 6.07) is 10.0. The van der Waals surface area contributed by atoms with Gasteiger partial charge in [-0.25, -0.2) is 0 Å². The highest BCUT2D eigenvalue weighted by Crippen LogP contribution is 2.20. The second-order valence-corrected chi connectivity index (χ2v) is 7.38. The SMILES string of the molecule is Cc1ccsc1CN(C)[C@H](C)C(=O)Nc1ccc(C(C)C)cc1. The first-order valence-corrected chi connectivity index (χ1v) is 8.90. The molecule has 0 fully saturated rings. The van der Waals surface area contributed by atoms with E-state index in [1.54, 1.807) is 11.3 Å². The van der Waals surface area contributed by atoms with Crippen LogP contribution in [0.2, 0.25) is 0 Å². The molecule has 0 saturated carbocycles. The van der Waals surface area contributed by atoms with Gasteiger partial charge in [-0.1, -0.05) is 26.0 Å². The smallest absolute Gasteiger partial charge is 0.241 e. The number of nitrogens with zero attached hydrogens (tertiary/aromatic N) is 1. The van der Waals surface area contributed by atoms with Crippen LogP contribution >= 0.6 is 11.3 Å².